The first-order chi connectivity index (χ1) is 10.5. The summed E-state index contributed by atoms with van der Waals surface area (Å²) in [4.78, 5) is 23.9. The van der Waals surface area contributed by atoms with Gasteiger partial charge in [0.15, 0.2) is 0 Å². The van der Waals surface area contributed by atoms with Crippen LogP contribution in [-0.2, 0) is 9.59 Å². The van der Waals surface area contributed by atoms with E-state index < -0.39 is 11.8 Å². The lowest BCUT2D eigenvalue weighted by Crippen LogP contribution is -2.42. The van der Waals surface area contributed by atoms with Gasteiger partial charge in [-0.25, -0.2) is 0 Å². The van der Waals surface area contributed by atoms with Gasteiger partial charge in [-0.3, -0.25) is 9.59 Å². The van der Waals surface area contributed by atoms with Crippen LogP contribution in [0.4, 0.5) is 5.69 Å². The largest absolute Gasteiger partial charge is 0.396 e. The quantitative estimate of drug-likeness (QED) is 0.676. The highest BCUT2D eigenvalue weighted by atomic mass is 16.3. The van der Waals surface area contributed by atoms with Crippen molar-refractivity contribution in [2.75, 3.05) is 18.5 Å². The number of aliphatic hydroxyl groups excluding tert-OH is 1. The van der Waals surface area contributed by atoms with Crippen LogP contribution in [0.5, 0.6) is 0 Å². The molecule has 0 fully saturated rings. The van der Waals surface area contributed by atoms with Crippen molar-refractivity contribution in [2.45, 2.75) is 40.0 Å². The average molecular weight is 306 g/mol. The number of carbonyl (C=O) groups excluding carboxylic acids is 2. The summed E-state index contributed by atoms with van der Waals surface area (Å²) in [7, 11) is 0. The first-order valence-electron chi connectivity index (χ1n) is 7.73. The molecule has 0 aliphatic heterocycles. The molecule has 0 heterocycles. The molecule has 0 atom stereocenters. The number of para-hydroxylation sites is 1. The Kier molecular flexibility index (Phi) is 7.05. The van der Waals surface area contributed by atoms with E-state index in [1.54, 1.807) is 12.1 Å². The zero-order valence-corrected chi connectivity index (χ0v) is 13.6. The first kappa shape index (κ1) is 18.2. The number of aryl methyl sites for hydroxylation is 1. The maximum atomic E-state index is 12.0. The summed E-state index contributed by atoms with van der Waals surface area (Å²) in [6.45, 7) is 6.39. The summed E-state index contributed by atoms with van der Waals surface area (Å²) in [6.07, 6.45) is 2.28. The molecular weight excluding hydrogens is 280 g/mol. The van der Waals surface area contributed by atoms with Crippen LogP contribution in [0.2, 0.25) is 0 Å². The third-order valence-electron chi connectivity index (χ3n) is 4.37. The predicted molar refractivity (Wildman–Crippen MR) is 87.5 cm³/mol. The molecule has 0 bridgehead atoms. The second-order valence-electron chi connectivity index (χ2n) is 5.63. The highest BCUT2D eigenvalue weighted by molar-refractivity contribution is 6.39. The van der Waals surface area contributed by atoms with Gasteiger partial charge in [0.2, 0.25) is 0 Å². The number of rotatable bonds is 7. The zero-order chi connectivity index (χ0) is 16.6. The standard InChI is InChI=1S/C17H26N2O3/c1-4-17(5-2,10-11-20)12-18-15(21)16(22)19-14-9-7-6-8-13(14)3/h6-9,20H,4-5,10-12H2,1-3H3,(H,18,21)(H,19,22). The van der Waals surface area contributed by atoms with Crippen molar-refractivity contribution in [1.29, 1.82) is 0 Å². The van der Waals surface area contributed by atoms with Crippen molar-refractivity contribution in [2.24, 2.45) is 5.41 Å². The second kappa shape index (κ2) is 8.54. The van der Waals surface area contributed by atoms with E-state index in [4.69, 9.17) is 0 Å². The van der Waals surface area contributed by atoms with E-state index in [1.807, 2.05) is 32.9 Å². The number of carbonyl (C=O) groups is 2. The summed E-state index contributed by atoms with van der Waals surface area (Å²) in [5.74, 6) is -1.31. The minimum Gasteiger partial charge on any atom is -0.396 e. The van der Waals surface area contributed by atoms with E-state index in [-0.39, 0.29) is 12.0 Å². The molecule has 5 heteroatoms. The van der Waals surface area contributed by atoms with Gasteiger partial charge >= 0.3 is 11.8 Å². The van der Waals surface area contributed by atoms with Crippen LogP contribution < -0.4 is 10.6 Å². The second-order valence-corrected chi connectivity index (χ2v) is 5.63. The molecule has 1 aromatic carbocycles. The molecule has 0 radical (unpaired) electrons. The Hall–Kier alpha value is -1.88. The van der Waals surface area contributed by atoms with Crippen molar-refractivity contribution in [3.8, 4) is 0 Å². The molecule has 0 saturated carbocycles. The first-order valence-corrected chi connectivity index (χ1v) is 7.73. The van der Waals surface area contributed by atoms with Gasteiger partial charge in [0.25, 0.3) is 0 Å². The lowest BCUT2D eigenvalue weighted by molar-refractivity contribution is -0.136. The fourth-order valence-corrected chi connectivity index (χ4v) is 2.42. The molecule has 0 aromatic heterocycles. The van der Waals surface area contributed by atoms with Crippen LogP contribution >= 0.6 is 0 Å². The molecule has 0 aliphatic carbocycles. The van der Waals surface area contributed by atoms with E-state index in [1.165, 1.54) is 0 Å². The van der Waals surface area contributed by atoms with Gasteiger partial charge < -0.3 is 15.7 Å². The minimum absolute atomic E-state index is 0.0763. The molecule has 0 aliphatic rings. The number of hydrogen-bond acceptors (Lipinski definition) is 3. The summed E-state index contributed by atoms with van der Waals surface area (Å²) >= 11 is 0. The Morgan fingerprint density at radius 3 is 2.32 bits per heavy atom. The number of hydrogen-bond donors (Lipinski definition) is 3. The Morgan fingerprint density at radius 2 is 1.77 bits per heavy atom. The van der Waals surface area contributed by atoms with Crippen LogP contribution in [0, 0.1) is 12.3 Å². The van der Waals surface area contributed by atoms with Crippen molar-refractivity contribution >= 4 is 17.5 Å². The SMILES string of the molecule is CCC(CC)(CCO)CNC(=O)C(=O)Nc1ccccc1C. The van der Waals surface area contributed by atoms with Gasteiger partial charge in [0.05, 0.1) is 0 Å². The molecule has 3 N–H and O–H groups in total. The Bertz CT molecular complexity index is 510. The van der Waals surface area contributed by atoms with E-state index in [9.17, 15) is 14.7 Å². The lowest BCUT2D eigenvalue weighted by atomic mass is 9.79. The van der Waals surface area contributed by atoms with Gasteiger partial charge in [-0.15, -0.1) is 0 Å². The molecule has 22 heavy (non-hydrogen) atoms. The van der Waals surface area contributed by atoms with Crippen molar-refractivity contribution < 1.29 is 14.7 Å². The molecule has 5 nitrogen and oxygen atoms in total. The highest BCUT2D eigenvalue weighted by Crippen LogP contribution is 2.29. The number of nitrogens with one attached hydrogen (secondary N) is 2. The molecular formula is C17H26N2O3. The van der Waals surface area contributed by atoms with Crippen molar-refractivity contribution in [3.63, 3.8) is 0 Å². The van der Waals surface area contributed by atoms with E-state index in [0.29, 0.717) is 18.7 Å². The zero-order valence-electron chi connectivity index (χ0n) is 13.6. The third kappa shape index (κ3) is 4.84. The summed E-state index contributed by atoms with van der Waals surface area (Å²) in [5.41, 5.74) is 1.38. The smallest absolute Gasteiger partial charge is 0.313 e. The Labute approximate surface area is 132 Å². The average Bonchev–Trinajstić information content (AvgIpc) is 2.53. The van der Waals surface area contributed by atoms with Gasteiger partial charge in [0.1, 0.15) is 0 Å². The highest BCUT2D eigenvalue weighted by Gasteiger charge is 2.27. The Balaban J connectivity index is 2.61. The molecule has 122 valence electrons. The summed E-state index contributed by atoms with van der Waals surface area (Å²) < 4.78 is 0. The number of benzene rings is 1. The predicted octanol–water partition coefficient (Wildman–Crippen LogP) is 2.24. The van der Waals surface area contributed by atoms with Crippen LogP contribution in [0.1, 0.15) is 38.7 Å². The van der Waals surface area contributed by atoms with Crippen LogP contribution in [0.25, 0.3) is 0 Å². The van der Waals surface area contributed by atoms with E-state index >= 15 is 0 Å². The fourth-order valence-electron chi connectivity index (χ4n) is 2.42. The van der Waals surface area contributed by atoms with Crippen LogP contribution in [-0.4, -0.2) is 30.1 Å². The van der Waals surface area contributed by atoms with Crippen molar-refractivity contribution in [3.05, 3.63) is 29.8 Å². The van der Waals surface area contributed by atoms with Crippen LogP contribution in [0.3, 0.4) is 0 Å². The van der Waals surface area contributed by atoms with Crippen LogP contribution in [0.15, 0.2) is 24.3 Å². The number of aliphatic hydroxyl groups is 1. The van der Waals surface area contributed by atoms with Crippen molar-refractivity contribution in [1.82, 2.24) is 5.32 Å². The number of anilines is 1. The topological polar surface area (TPSA) is 78.4 Å². The molecule has 1 rings (SSSR count). The van der Waals surface area contributed by atoms with Gasteiger partial charge in [-0.1, -0.05) is 32.0 Å². The normalized spacial score (nSPS) is 11.1. The van der Waals surface area contributed by atoms with E-state index in [0.717, 1.165) is 18.4 Å². The maximum absolute atomic E-state index is 12.0. The molecule has 0 saturated heterocycles. The Morgan fingerprint density at radius 1 is 1.14 bits per heavy atom. The van der Waals surface area contributed by atoms with Gasteiger partial charge in [-0.2, -0.15) is 0 Å². The molecule has 0 unspecified atom stereocenters. The number of amides is 2. The molecule has 2 amide bonds. The van der Waals surface area contributed by atoms with Gasteiger partial charge in [0, 0.05) is 18.8 Å². The van der Waals surface area contributed by atoms with Gasteiger partial charge in [-0.05, 0) is 43.2 Å². The molecule has 0 spiro atoms. The maximum Gasteiger partial charge on any atom is 0.313 e. The monoisotopic (exact) mass is 306 g/mol. The summed E-state index contributed by atoms with van der Waals surface area (Å²) in [6, 6.07) is 7.31. The lowest BCUT2D eigenvalue weighted by Gasteiger charge is -2.31. The third-order valence-corrected chi connectivity index (χ3v) is 4.37. The fraction of sp³-hybridized carbons (Fsp3) is 0.529. The molecule has 1 aromatic rings. The van der Waals surface area contributed by atoms with E-state index in [2.05, 4.69) is 10.6 Å². The minimum atomic E-state index is -0.667. The summed E-state index contributed by atoms with van der Waals surface area (Å²) in [5, 5.41) is 14.5.